The lowest BCUT2D eigenvalue weighted by Gasteiger charge is -2.43. The van der Waals surface area contributed by atoms with E-state index in [-0.39, 0.29) is 35.1 Å². The number of hydrogen-bond acceptors (Lipinski definition) is 5. The smallest absolute Gasteiger partial charge is 0.249 e. The lowest BCUT2D eigenvalue weighted by atomic mass is 9.70. The number of carbonyl (C=O) groups is 3. The first-order chi connectivity index (χ1) is 16.8. The van der Waals surface area contributed by atoms with Crippen molar-refractivity contribution >= 4 is 33.7 Å². The molecule has 0 aromatic heterocycles. The number of nitrogens with zero attached hydrogens (tertiary/aromatic N) is 3. The number of halogens is 1. The largest absolute Gasteiger partial charge is 0.394 e. The average Bonchev–Trinajstić information content (AvgIpc) is 3.37. The van der Waals surface area contributed by atoms with Gasteiger partial charge >= 0.3 is 0 Å². The molecule has 3 aliphatic heterocycles. The third kappa shape index (κ3) is 4.67. The van der Waals surface area contributed by atoms with Gasteiger partial charge in [-0.2, -0.15) is 0 Å². The van der Waals surface area contributed by atoms with E-state index in [1.54, 1.807) is 33.9 Å². The van der Waals surface area contributed by atoms with Gasteiger partial charge in [0.2, 0.25) is 17.7 Å². The standard InChI is InChI=1S/C27H42BrN3O5/c1-9-11-29(8)23(33)19-20-24(34)31(17(15-32)13-16(3)4)22(27(20)14-18(28)21(19)36-27)25(35)30(12-10-2)26(5,6)7/h9-10,16-22,32H,1-2,11-15H2,3-8H3/t17-,18?,19+,20+,21+,22?,27?/m1/s1. The number of aliphatic hydroxyl groups excluding tert-OH is 1. The van der Waals surface area contributed by atoms with Crippen molar-refractivity contribution in [2.24, 2.45) is 17.8 Å². The summed E-state index contributed by atoms with van der Waals surface area (Å²) in [7, 11) is 1.69. The highest BCUT2D eigenvalue weighted by Crippen LogP contribution is 2.61. The van der Waals surface area contributed by atoms with Crippen LogP contribution in [0.15, 0.2) is 25.3 Å². The van der Waals surface area contributed by atoms with Crippen molar-refractivity contribution in [1.29, 1.82) is 0 Å². The van der Waals surface area contributed by atoms with Crippen LogP contribution in [0.25, 0.3) is 0 Å². The minimum Gasteiger partial charge on any atom is -0.394 e. The first-order valence-electron chi connectivity index (χ1n) is 12.8. The molecule has 202 valence electrons. The van der Waals surface area contributed by atoms with Gasteiger partial charge < -0.3 is 24.5 Å². The van der Waals surface area contributed by atoms with Crippen molar-refractivity contribution in [2.45, 2.75) is 81.6 Å². The van der Waals surface area contributed by atoms with Gasteiger partial charge in [0.05, 0.1) is 30.6 Å². The van der Waals surface area contributed by atoms with E-state index in [0.29, 0.717) is 25.9 Å². The van der Waals surface area contributed by atoms with Gasteiger partial charge in [-0.1, -0.05) is 41.9 Å². The number of alkyl halides is 1. The lowest BCUT2D eigenvalue weighted by Crippen LogP contribution is -2.62. The maximum Gasteiger partial charge on any atom is 0.249 e. The van der Waals surface area contributed by atoms with E-state index in [1.807, 2.05) is 34.6 Å². The van der Waals surface area contributed by atoms with Crippen LogP contribution in [-0.4, -0.2) is 98.4 Å². The van der Waals surface area contributed by atoms with Crippen molar-refractivity contribution in [3.63, 3.8) is 0 Å². The van der Waals surface area contributed by atoms with E-state index in [4.69, 9.17) is 4.74 Å². The van der Waals surface area contributed by atoms with Crippen LogP contribution in [0.5, 0.6) is 0 Å². The molecule has 36 heavy (non-hydrogen) atoms. The molecular formula is C27H42BrN3O5. The van der Waals surface area contributed by atoms with Crippen LogP contribution in [0, 0.1) is 17.8 Å². The molecule has 0 aromatic carbocycles. The van der Waals surface area contributed by atoms with Crippen LogP contribution in [-0.2, 0) is 19.1 Å². The number of fused-ring (bicyclic) bond motifs is 1. The van der Waals surface area contributed by atoms with Gasteiger partial charge in [-0.25, -0.2) is 0 Å². The number of likely N-dealkylation sites (N-methyl/N-ethyl adjacent to an activating group) is 1. The summed E-state index contributed by atoms with van der Waals surface area (Å²) in [4.78, 5) is 46.9. The molecule has 0 saturated carbocycles. The molecule has 3 heterocycles. The van der Waals surface area contributed by atoms with Crippen LogP contribution in [0.2, 0.25) is 0 Å². The van der Waals surface area contributed by atoms with Crippen LogP contribution in [0.4, 0.5) is 0 Å². The third-order valence-electron chi connectivity index (χ3n) is 7.76. The van der Waals surface area contributed by atoms with Gasteiger partial charge in [-0.15, -0.1) is 13.2 Å². The maximum absolute atomic E-state index is 14.4. The SMILES string of the molecule is C=CCN(C)C(=O)[C@H]1[C@H]2C(=O)N([C@@H](CO)CC(C)C)C(C(=O)N(CC=C)C(C)(C)C)C23CC(Br)[C@@H]1O3. The zero-order chi connectivity index (χ0) is 27.2. The van der Waals surface area contributed by atoms with Gasteiger partial charge in [0.25, 0.3) is 0 Å². The quantitative estimate of drug-likeness (QED) is 0.323. The summed E-state index contributed by atoms with van der Waals surface area (Å²) >= 11 is 3.71. The van der Waals surface area contributed by atoms with Gasteiger partial charge in [0, 0.05) is 30.5 Å². The molecule has 3 amide bonds. The number of ether oxygens (including phenoxy) is 1. The Kier molecular flexibility index (Phi) is 8.48. The normalized spacial score (nSPS) is 32.0. The van der Waals surface area contributed by atoms with Gasteiger partial charge in [0.15, 0.2) is 0 Å². The Bertz CT molecular complexity index is 902. The number of amides is 3. The number of likely N-dealkylation sites (tertiary alicyclic amines) is 1. The van der Waals surface area contributed by atoms with Crippen molar-refractivity contribution < 1.29 is 24.2 Å². The summed E-state index contributed by atoms with van der Waals surface area (Å²) < 4.78 is 6.60. The summed E-state index contributed by atoms with van der Waals surface area (Å²) in [5, 5.41) is 10.4. The Balaban J connectivity index is 2.17. The van der Waals surface area contributed by atoms with Crippen molar-refractivity contribution in [3.05, 3.63) is 25.3 Å². The van der Waals surface area contributed by atoms with E-state index in [2.05, 4.69) is 29.1 Å². The van der Waals surface area contributed by atoms with Crippen LogP contribution < -0.4 is 0 Å². The Morgan fingerprint density at radius 3 is 2.36 bits per heavy atom. The molecule has 1 N–H and O–H groups in total. The fourth-order valence-corrected chi connectivity index (χ4v) is 7.29. The van der Waals surface area contributed by atoms with E-state index in [1.165, 1.54) is 0 Å². The predicted octanol–water partition coefficient (Wildman–Crippen LogP) is 2.60. The zero-order valence-electron chi connectivity index (χ0n) is 22.4. The molecule has 0 aromatic rings. The second-order valence-electron chi connectivity index (χ2n) is 11.8. The predicted molar refractivity (Wildman–Crippen MR) is 142 cm³/mol. The highest BCUT2D eigenvalue weighted by Gasteiger charge is 2.77. The number of carbonyl (C=O) groups excluding carboxylic acids is 3. The fourth-order valence-electron chi connectivity index (χ4n) is 6.35. The number of rotatable bonds is 10. The van der Waals surface area contributed by atoms with Crippen molar-refractivity contribution in [1.82, 2.24) is 14.7 Å². The van der Waals surface area contributed by atoms with E-state index in [0.717, 1.165) is 0 Å². The monoisotopic (exact) mass is 567 g/mol. The van der Waals surface area contributed by atoms with Crippen molar-refractivity contribution in [3.8, 4) is 0 Å². The van der Waals surface area contributed by atoms with Crippen LogP contribution in [0.1, 0.15) is 47.5 Å². The minimum absolute atomic E-state index is 0.178. The molecule has 0 radical (unpaired) electrons. The molecule has 3 rings (SSSR count). The second kappa shape index (κ2) is 10.6. The summed E-state index contributed by atoms with van der Waals surface area (Å²) in [5.74, 6) is -2.05. The van der Waals surface area contributed by atoms with E-state index in [9.17, 15) is 19.5 Å². The van der Waals surface area contributed by atoms with Crippen molar-refractivity contribution in [2.75, 3.05) is 26.7 Å². The number of hydrogen-bond donors (Lipinski definition) is 1. The Hall–Kier alpha value is -1.71. The molecule has 0 aliphatic carbocycles. The Morgan fingerprint density at radius 2 is 1.86 bits per heavy atom. The molecule has 9 heteroatoms. The van der Waals surface area contributed by atoms with E-state index < -0.39 is 41.2 Å². The molecule has 2 bridgehead atoms. The van der Waals surface area contributed by atoms with Gasteiger partial charge in [-0.3, -0.25) is 14.4 Å². The second-order valence-corrected chi connectivity index (χ2v) is 13.0. The summed E-state index contributed by atoms with van der Waals surface area (Å²) in [6.45, 7) is 17.8. The number of aliphatic hydroxyl groups is 1. The summed E-state index contributed by atoms with van der Waals surface area (Å²) in [6, 6.07) is -1.51. The first-order valence-corrected chi connectivity index (χ1v) is 13.7. The average molecular weight is 569 g/mol. The Morgan fingerprint density at radius 1 is 1.25 bits per heavy atom. The highest BCUT2D eigenvalue weighted by molar-refractivity contribution is 9.09. The topological polar surface area (TPSA) is 90.4 Å². The highest BCUT2D eigenvalue weighted by atomic mass is 79.9. The van der Waals surface area contributed by atoms with Crippen LogP contribution >= 0.6 is 15.9 Å². The summed E-state index contributed by atoms with van der Waals surface area (Å²) in [5.41, 5.74) is -1.69. The van der Waals surface area contributed by atoms with Gasteiger partial charge in [0.1, 0.15) is 11.6 Å². The Labute approximate surface area is 223 Å². The molecule has 1 spiro atoms. The molecular weight excluding hydrogens is 526 g/mol. The molecule has 3 unspecified atom stereocenters. The maximum atomic E-state index is 14.4. The first kappa shape index (κ1) is 28.9. The van der Waals surface area contributed by atoms with E-state index >= 15 is 0 Å². The fraction of sp³-hybridized carbons (Fsp3) is 0.741. The van der Waals surface area contributed by atoms with Gasteiger partial charge in [-0.05, 0) is 39.5 Å². The third-order valence-corrected chi connectivity index (χ3v) is 8.61. The van der Waals surface area contributed by atoms with Crippen LogP contribution in [0.3, 0.4) is 0 Å². The summed E-state index contributed by atoms with van der Waals surface area (Å²) in [6.07, 6.45) is 3.76. The zero-order valence-corrected chi connectivity index (χ0v) is 24.0. The molecule has 3 fully saturated rings. The molecule has 8 nitrogen and oxygen atoms in total. The molecule has 7 atom stereocenters. The molecule has 3 saturated heterocycles. The molecule has 3 aliphatic rings. The lowest BCUT2D eigenvalue weighted by molar-refractivity contribution is -0.155. The minimum atomic E-state index is -1.16.